The molecule has 1 heterocycles. The molecule has 84 valence electrons. The van der Waals surface area contributed by atoms with E-state index in [1.807, 2.05) is 0 Å². The van der Waals surface area contributed by atoms with E-state index in [2.05, 4.69) is 27.7 Å². The standard InChI is InChI=1S/C12H26NO/c1-5-8-13(9-6-2,10-7-3)12(4)11-14-12/h5-11H2,1-4H3/q+1. The lowest BCUT2D eigenvalue weighted by Crippen LogP contribution is -2.58. The summed E-state index contributed by atoms with van der Waals surface area (Å²) in [5.41, 5.74) is 0.155. The van der Waals surface area contributed by atoms with Crippen LogP contribution >= 0.6 is 0 Å². The van der Waals surface area contributed by atoms with Gasteiger partial charge in [0, 0.05) is 6.92 Å². The number of ether oxygens (including phenoxy) is 1. The molecule has 0 amide bonds. The van der Waals surface area contributed by atoms with E-state index in [0.717, 1.165) is 6.61 Å². The van der Waals surface area contributed by atoms with E-state index in [0.29, 0.717) is 0 Å². The van der Waals surface area contributed by atoms with Crippen LogP contribution in [0.1, 0.15) is 47.0 Å². The molecular formula is C12H26NO+. The van der Waals surface area contributed by atoms with Crippen molar-refractivity contribution in [3.8, 4) is 0 Å². The van der Waals surface area contributed by atoms with Gasteiger partial charge in [-0.1, -0.05) is 20.8 Å². The Hall–Kier alpha value is -0.0800. The van der Waals surface area contributed by atoms with Gasteiger partial charge in [0.25, 0.3) is 0 Å². The molecule has 1 fully saturated rings. The van der Waals surface area contributed by atoms with Gasteiger partial charge in [0.2, 0.25) is 5.72 Å². The number of epoxide rings is 1. The van der Waals surface area contributed by atoms with Gasteiger partial charge in [0.1, 0.15) is 6.61 Å². The zero-order valence-electron chi connectivity index (χ0n) is 10.3. The Labute approximate surface area is 88.8 Å². The molecule has 0 aromatic heterocycles. The van der Waals surface area contributed by atoms with Gasteiger partial charge in [-0.3, -0.25) is 4.48 Å². The van der Waals surface area contributed by atoms with Crippen LogP contribution in [0.2, 0.25) is 0 Å². The first-order valence-electron chi connectivity index (χ1n) is 6.14. The summed E-state index contributed by atoms with van der Waals surface area (Å²) < 4.78 is 6.88. The zero-order valence-corrected chi connectivity index (χ0v) is 10.3. The Morgan fingerprint density at radius 1 is 1.00 bits per heavy atom. The van der Waals surface area contributed by atoms with Gasteiger partial charge in [0.15, 0.2) is 0 Å². The predicted molar refractivity (Wildman–Crippen MR) is 60.1 cm³/mol. The predicted octanol–water partition coefficient (Wildman–Crippen LogP) is 2.78. The average Bonchev–Trinajstić information content (AvgIpc) is 2.86. The van der Waals surface area contributed by atoms with Crippen LogP contribution in [0.25, 0.3) is 0 Å². The second kappa shape index (κ2) is 4.63. The smallest absolute Gasteiger partial charge is 0.224 e. The first-order chi connectivity index (χ1) is 6.64. The number of rotatable bonds is 7. The molecule has 14 heavy (non-hydrogen) atoms. The van der Waals surface area contributed by atoms with Crippen LogP contribution in [0.15, 0.2) is 0 Å². The van der Waals surface area contributed by atoms with Gasteiger partial charge in [-0.2, -0.15) is 0 Å². The van der Waals surface area contributed by atoms with Crippen LogP contribution < -0.4 is 0 Å². The van der Waals surface area contributed by atoms with Crippen LogP contribution in [0.4, 0.5) is 0 Å². The highest BCUT2D eigenvalue weighted by molar-refractivity contribution is 4.78. The van der Waals surface area contributed by atoms with Gasteiger partial charge >= 0.3 is 0 Å². The van der Waals surface area contributed by atoms with E-state index in [1.165, 1.54) is 43.4 Å². The first-order valence-corrected chi connectivity index (χ1v) is 6.14. The third kappa shape index (κ3) is 2.12. The Morgan fingerprint density at radius 3 is 1.57 bits per heavy atom. The van der Waals surface area contributed by atoms with Crippen LogP contribution in [0.5, 0.6) is 0 Å². The summed E-state index contributed by atoms with van der Waals surface area (Å²) in [5.74, 6) is 0. The van der Waals surface area contributed by atoms with Gasteiger partial charge < -0.3 is 4.74 Å². The van der Waals surface area contributed by atoms with Gasteiger partial charge in [-0.25, -0.2) is 0 Å². The molecule has 2 heteroatoms. The molecule has 1 aliphatic rings. The molecule has 1 aliphatic heterocycles. The Kier molecular flexibility index (Phi) is 3.96. The van der Waals surface area contributed by atoms with Crippen molar-refractivity contribution in [2.45, 2.75) is 52.7 Å². The van der Waals surface area contributed by atoms with E-state index in [-0.39, 0.29) is 5.72 Å². The van der Waals surface area contributed by atoms with E-state index in [9.17, 15) is 0 Å². The van der Waals surface area contributed by atoms with E-state index in [4.69, 9.17) is 4.74 Å². The average molecular weight is 200 g/mol. The van der Waals surface area contributed by atoms with Crippen molar-refractivity contribution in [2.24, 2.45) is 0 Å². The maximum Gasteiger partial charge on any atom is 0.224 e. The maximum atomic E-state index is 5.69. The normalized spacial score (nSPS) is 26.6. The summed E-state index contributed by atoms with van der Waals surface area (Å²) >= 11 is 0. The molecule has 0 bridgehead atoms. The van der Waals surface area contributed by atoms with E-state index in [1.54, 1.807) is 0 Å². The minimum absolute atomic E-state index is 0.155. The molecule has 1 saturated heterocycles. The minimum atomic E-state index is 0.155. The lowest BCUT2D eigenvalue weighted by molar-refractivity contribution is -0.970. The van der Waals surface area contributed by atoms with E-state index >= 15 is 0 Å². The van der Waals surface area contributed by atoms with Gasteiger partial charge in [-0.05, 0) is 19.3 Å². The minimum Gasteiger partial charge on any atom is -0.316 e. The summed E-state index contributed by atoms with van der Waals surface area (Å²) in [7, 11) is 0. The fraction of sp³-hybridized carbons (Fsp3) is 1.00. The Bertz CT molecular complexity index is 158. The summed E-state index contributed by atoms with van der Waals surface area (Å²) in [6, 6.07) is 0. The van der Waals surface area contributed by atoms with Crippen molar-refractivity contribution in [2.75, 3.05) is 26.2 Å². The molecule has 0 aliphatic carbocycles. The van der Waals surface area contributed by atoms with Crippen molar-refractivity contribution < 1.29 is 9.22 Å². The van der Waals surface area contributed by atoms with Crippen molar-refractivity contribution in [1.82, 2.24) is 0 Å². The Morgan fingerprint density at radius 2 is 1.36 bits per heavy atom. The van der Waals surface area contributed by atoms with Crippen molar-refractivity contribution in [1.29, 1.82) is 0 Å². The SMILES string of the molecule is CCC[N+](CCC)(CCC)C1(C)CO1. The molecule has 0 aromatic carbocycles. The highest BCUT2D eigenvalue weighted by atomic mass is 16.6. The van der Waals surface area contributed by atoms with E-state index < -0.39 is 0 Å². The molecule has 0 aromatic rings. The topological polar surface area (TPSA) is 12.5 Å². The highest BCUT2D eigenvalue weighted by Crippen LogP contribution is 2.38. The number of quaternary nitrogens is 1. The van der Waals surface area contributed by atoms with Crippen LogP contribution in [0.3, 0.4) is 0 Å². The molecule has 0 N–H and O–H groups in total. The summed E-state index contributed by atoms with van der Waals surface area (Å²) in [6.45, 7) is 13.9. The molecule has 0 radical (unpaired) electrons. The summed E-state index contributed by atoms with van der Waals surface area (Å²) in [5, 5.41) is 0. The third-order valence-corrected chi connectivity index (χ3v) is 3.52. The molecule has 0 saturated carbocycles. The maximum absolute atomic E-state index is 5.69. The van der Waals surface area contributed by atoms with Gasteiger partial charge in [-0.15, -0.1) is 0 Å². The monoisotopic (exact) mass is 200 g/mol. The third-order valence-electron chi connectivity index (χ3n) is 3.52. The van der Waals surface area contributed by atoms with Gasteiger partial charge in [0.05, 0.1) is 19.6 Å². The van der Waals surface area contributed by atoms with Crippen LogP contribution in [-0.4, -0.2) is 36.4 Å². The first kappa shape index (κ1) is 12.0. The lowest BCUT2D eigenvalue weighted by Gasteiger charge is -2.41. The fourth-order valence-corrected chi connectivity index (χ4v) is 2.71. The quantitative estimate of drug-likeness (QED) is 0.455. The molecule has 2 nitrogen and oxygen atoms in total. The Balaban J connectivity index is 2.72. The van der Waals surface area contributed by atoms with Crippen molar-refractivity contribution in [3.05, 3.63) is 0 Å². The molecular weight excluding hydrogens is 174 g/mol. The summed E-state index contributed by atoms with van der Waals surface area (Å²) in [6.07, 6.45) is 3.79. The second-order valence-corrected chi connectivity index (χ2v) is 4.78. The highest BCUT2D eigenvalue weighted by Gasteiger charge is 2.57. The lowest BCUT2D eigenvalue weighted by atomic mass is 10.1. The van der Waals surface area contributed by atoms with Crippen molar-refractivity contribution in [3.63, 3.8) is 0 Å². The number of nitrogens with zero attached hydrogens (tertiary/aromatic N) is 1. The molecule has 0 spiro atoms. The fourth-order valence-electron chi connectivity index (χ4n) is 2.71. The van der Waals surface area contributed by atoms with Crippen LogP contribution in [-0.2, 0) is 4.74 Å². The molecule has 1 rings (SSSR count). The zero-order chi connectivity index (χ0) is 10.7. The second-order valence-electron chi connectivity index (χ2n) is 4.78. The molecule has 1 atom stereocenters. The van der Waals surface area contributed by atoms with Crippen LogP contribution in [0, 0.1) is 0 Å². The number of hydrogen-bond acceptors (Lipinski definition) is 1. The number of hydrogen-bond donors (Lipinski definition) is 0. The molecule has 1 unspecified atom stereocenters. The largest absolute Gasteiger partial charge is 0.316 e. The van der Waals surface area contributed by atoms with Crippen molar-refractivity contribution >= 4 is 0 Å². The summed E-state index contributed by atoms with van der Waals surface area (Å²) in [4.78, 5) is 0.